The smallest absolute Gasteiger partial charge is 0.258 e. The highest BCUT2D eigenvalue weighted by molar-refractivity contribution is 7.73. The molecule has 1 fully saturated rings. The molecule has 2 heterocycles. The second kappa shape index (κ2) is 7.50. The van der Waals surface area contributed by atoms with E-state index in [2.05, 4.69) is 10.0 Å². The molecule has 7 nitrogen and oxygen atoms in total. The van der Waals surface area contributed by atoms with Gasteiger partial charge >= 0.3 is 0 Å². The Morgan fingerprint density at radius 2 is 1.83 bits per heavy atom. The first-order valence-electron chi connectivity index (χ1n) is 7.73. The van der Waals surface area contributed by atoms with Gasteiger partial charge in [0.1, 0.15) is 11.9 Å². The fourth-order valence-corrected chi connectivity index (χ4v) is 3.02. The number of nitrogens with zero attached hydrogens (tertiary/aromatic N) is 1. The first-order chi connectivity index (χ1) is 11.6. The fourth-order valence-electron chi connectivity index (χ4n) is 2.66. The normalized spacial score (nSPS) is 15.4. The molecule has 3 rings (SSSR count). The highest BCUT2D eigenvalue weighted by atomic mass is 32.2. The van der Waals surface area contributed by atoms with Crippen molar-refractivity contribution < 1.29 is 13.2 Å². The van der Waals surface area contributed by atoms with E-state index in [0.717, 1.165) is 25.9 Å². The maximum absolute atomic E-state index is 12.3. The van der Waals surface area contributed by atoms with E-state index < -0.39 is 10.9 Å². The first kappa shape index (κ1) is 16.5. The van der Waals surface area contributed by atoms with E-state index in [4.69, 9.17) is 4.74 Å². The van der Waals surface area contributed by atoms with Crippen LogP contribution in [0.1, 0.15) is 12.8 Å². The van der Waals surface area contributed by atoms with Crippen LogP contribution in [-0.4, -0.2) is 32.2 Å². The van der Waals surface area contributed by atoms with Crippen LogP contribution in [-0.2, 0) is 10.9 Å². The summed E-state index contributed by atoms with van der Waals surface area (Å²) < 4.78 is 30.9. The van der Waals surface area contributed by atoms with E-state index in [1.54, 1.807) is 36.5 Å². The van der Waals surface area contributed by atoms with Crippen molar-refractivity contribution in [3.05, 3.63) is 52.9 Å². The Morgan fingerprint density at radius 1 is 1.12 bits per heavy atom. The molecule has 0 spiro atoms. The molecule has 1 aromatic heterocycles. The second-order valence-corrected chi connectivity index (χ2v) is 6.29. The molecular weight excluding hydrogens is 330 g/mol. The van der Waals surface area contributed by atoms with Gasteiger partial charge in [-0.05, 0) is 56.3 Å². The van der Waals surface area contributed by atoms with Crippen molar-refractivity contribution in [2.24, 2.45) is 0 Å². The van der Waals surface area contributed by atoms with Gasteiger partial charge in [0.2, 0.25) is 10.9 Å². The second-order valence-electron chi connectivity index (χ2n) is 5.55. The van der Waals surface area contributed by atoms with Gasteiger partial charge in [0.15, 0.2) is 0 Å². The Kier molecular flexibility index (Phi) is 5.17. The first-order valence-corrected chi connectivity index (χ1v) is 8.91. The third kappa shape index (κ3) is 4.15. The van der Waals surface area contributed by atoms with Crippen LogP contribution in [0.15, 0.2) is 47.4 Å². The maximum atomic E-state index is 12.3. The number of ether oxygens (including phenoxy) is 1. The molecule has 2 aromatic rings. The molecule has 8 heteroatoms. The maximum Gasteiger partial charge on any atom is 0.258 e. The summed E-state index contributed by atoms with van der Waals surface area (Å²) in [5.74, 6) is 0.574. The minimum atomic E-state index is -2.70. The number of thiol groups is 1. The van der Waals surface area contributed by atoms with Gasteiger partial charge < -0.3 is 10.1 Å². The van der Waals surface area contributed by atoms with Crippen molar-refractivity contribution in [2.45, 2.75) is 18.9 Å². The molecule has 1 aliphatic rings. The monoisotopic (exact) mass is 349 g/mol. The summed E-state index contributed by atoms with van der Waals surface area (Å²) in [6.07, 6.45) is 3.66. The van der Waals surface area contributed by atoms with E-state index in [0.29, 0.717) is 17.1 Å². The number of anilines is 1. The number of hydrogen-bond donors (Lipinski definition) is 3. The van der Waals surface area contributed by atoms with Gasteiger partial charge in [-0.3, -0.25) is 14.1 Å². The van der Waals surface area contributed by atoms with Gasteiger partial charge in [0.05, 0.1) is 0 Å². The van der Waals surface area contributed by atoms with Crippen molar-refractivity contribution in [3.63, 3.8) is 0 Å². The van der Waals surface area contributed by atoms with E-state index >= 15 is 0 Å². The van der Waals surface area contributed by atoms with Crippen LogP contribution in [0.25, 0.3) is 5.69 Å². The zero-order valence-electron chi connectivity index (χ0n) is 13.0. The van der Waals surface area contributed by atoms with E-state index in [1.807, 2.05) is 0 Å². The molecule has 1 aliphatic heterocycles. The summed E-state index contributed by atoms with van der Waals surface area (Å²) in [5.41, 5.74) is 0.908. The number of pyridine rings is 1. The summed E-state index contributed by atoms with van der Waals surface area (Å²) in [6.45, 7) is 1.86. The highest BCUT2D eigenvalue weighted by Crippen LogP contribution is 2.16. The third-order valence-electron chi connectivity index (χ3n) is 3.85. The van der Waals surface area contributed by atoms with Gasteiger partial charge in [-0.15, -0.1) is 0 Å². The zero-order chi connectivity index (χ0) is 16.9. The summed E-state index contributed by atoms with van der Waals surface area (Å²) in [4.78, 5) is 12.3. The Hall–Kier alpha value is -2.32. The minimum Gasteiger partial charge on any atom is -0.490 e. The van der Waals surface area contributed by atoms with Crippen LogP contribution >= 0.6 is 0 Å². The van der Waals surface area contributed by atoms with Crippen molar-refractivity contribution in [3.8, 4) is 11.4 Å². The van der Waals surface area contributed by atoms with Crippen molar-refractivity contribution >= 4 is 16.6 Å². The highest BCUT2D eigenvalue weighted by Gasteiger charge is 2.14. The fraction of sp³-hybridized carbons (Fsp3) is 0.312. The number of hydrogen-bond acceptors (Lipinski definition) is 5. The van der Waals surface area contributed by atoms with Crippen LogP contribution < -0.4 is 20.3 Å². The number of rotatable bonds is 5. The topological polar surface area (TPSA) is 89.4 Å². The van der Waals surface area contributed by atoms with Gasteiger partial charge in [-0.2, -0.15) is 0 Å². The number of piperidine rings is 1. The van der Waals surface area contributed by atoms with E-state index in [-0.39, 0.29) is 11.7 Å². The van der Waals surface area contributed by atoms with Crippen LogP contribution in [0, 0.1) is 0 Å². The van der Waals surface area contributed by atoms with Gasteiger partial charge in [-0.25, -0.2) is 8.42 Å². The molecule has 0 radical (unpaired) electrons. The Balaban J connectivity index is 1.75. The molecule has 0 aliphatic carbocycles. The lowest BCUT2D eigenvalue weighted by Gasteiger charge is -2.23. The lowest BCUT2D eigenvalue weighted by molar-refractivity contribution is 0.162. The van der Waals surface area contributed by atoms with Crippen LogP contribution in [0.4, 0.5) is 5.69 Å². The number of aromatic nitrogens is 1. The predicted octanol–water partition coefficient (Wildman–Crippen LogP) is 0.907. The molecule has 24 heavy (non-hydrogen) atoms. The SMILES string of the molecule is O=c1cc(OC2CCNCC2)ccn1-c1ccc(N[SH](=O)=O)cc1. The minimum absolute atomic E-state index is 0.140. The summed E-state index contributed by atoms with van der Waals surface area (Å²) in [6, 6.07) is 9.80. The van der Waals surface area contributed by atoms with Crippen LogP contribution in [0.5, 0.6) is 5.75 Å². The molecule has 0 unspecified atom stereocenters. The average Bonchev–Trinajstić information content (AvgIpc) is 2.56. The summed E-state index contributed by atoms with van der Waals surface area (Å²) in [5, 5.41) is 3.27. The summed E-state index contributed by atoms with van der Waals surface area (Å²) in [7, 11) is -2.70. The molecular formula is C16H19N3O4S. The average molecular weight is 349 g/mol. The van der Waals surface area contributed by atoms with Gasteiger partial charge in [-0.1, -0.05) is 0 Å². The molecule has 0 bridgehead atoms. The number of benzene rings is 1. The van der Waals surface area contributed by atoms with Crippen LogP contribution in [0.2, 0.25) is 0 Å². The molecule has 128 valence electrons. The van der Waals surface area contributed by atoms with Crippen molar-refractivity contribution in [1.29, 1.82) is 0 Å². The lowest BCUT2D eigenvalue weighted by Crippen LogP contribution is -2.34. The molecule has 2 N–H and O–H groups in total. The quantitative estimate of drug-likeness (QED) is 0.698. The van der Waals surface area contributed by atoms with Crippen LogP contribution in [0.3, 0.4) is 0 Å². The molecule has 0 amide bonds. The molecule has 0 saturated carbocycles. The van der Waals surface area contributed by atoms with Crippen molar-refractivity contribution in [1.82, 2.24) is 9.88 Å². The Morgan fingerprint density at radius 3 is 2.46 bits per heavy atom. The molecule has 1 aromatic carbocycles. The molecule has 0 atom stereocenters. The Bertz CT molecular complexity index is 816. The largest absolute Gasteiger partial charge is 0.490 e. The Labute approximate surface area is 141 Å². The number of nitrogens with one attached hydrogen (secondary N) is 2. The zero-order valence-corrected chi connectivity index (χ0v) is 13.9. The van der Waals surface area contributed by atoms with Gasteiger partial charge in [0.25, 0.3) is 5.56 Å². The predicted molar refractivity (Wildman–Crippen MR) is 92.5 cm³/mol. The lowest BCUT2D eigenvalue weighted by atomic mass is 10.1. The van der Waals surface area contributed by atoms with E-state index in [9.17, 15) is 13.2 Å². The summed E-state index contributed by atoms with van der Waals surface area (Å²) >= 11 is 0. The standard InChI is InChI=1S/C16H19N3O4S/c20-16-11-15(23-14-5-8-17-9-6-14)7-10-19(16)13-3-1-12(2-4-13)18-24(21)22/h1-4,7,10-11,14,17,24H,5-6,8-9H2,(H,18,21,22). The third-order valence-corrected chi connectivity index (χ3v) is 4.29. The molecule has 1 saturated heterocycles. The van der Waals surface area contributed by atoms with Gasteiger partial charge in [0, 0.05) is 23.6 Å². The van der Waals surface area contributed by atoms with E-state index in [1.165, 1.54) is 10.6 Å². The van der Waals surface area contributed by atoms with Crippen molar-refractivity contribution in [2.75, 3.05) is 17.8 Å².